The third-order valence-electron chi connectivity index (χ3n) is 3.24. The van der Waals surface area contributed by atoms with Crippen molar-refractivity contribution in [2.45, 2.75) is 12.8 Å². The fraction of sp³-hybridized carbons (Fsp3) is 0.538. The molecule has 0 N–H and O–H groups in total. The highest BCUT2D eigenvalue weighted by molar-refractivity contribution is 6.30. The Balaban J connectivity index is 1.87. The van der Waals surface area contributed by atoms with Crippen LogP contribution in [-0.2, 0) is 0 Å². The molecule has 1 aliphatic heterocycles. The van der Waals surface area contributed by atoms with Crippen LogP contribution in [0.4, 0.5) is 0 Å². The van der Waals surface area contributed by atoms with Gasteiger partial charge in [0.25, 0.3) is 5.91 Å². The van der Waals surface area contributed by atoms with E-state index in [2.05, 4.69) is 9.88 Å². The van der Waals surface area contributed by atoms with Crippen LogP contribution < -0.4 is 0 Å². The Morgan fingerprint density at radius 2 is 2.22 bits per heavy atom. The van der Waals surface area contributed by atoms with Gasteiger partial charge in [0.1, 0.15) is 5.69 Å². The van der Waals surface area contributed by atoms with Crippen molar-refractivity contribution in [3.63, 3.8) is 0 Å². The van der Waals surface area contributed by atoms with Crippen LogP contribution in [0.25, 0.3) is 0 Å². The number of carbonyl (C=O) groups excluding carboxylic acids is 1. The molecule has 1 aliphatic rings. The highest BCUT2D eigenvalue weighted by Crippen LogP contribution is 2.10. The first-order chi connectivity index (χ1) is 8.66. The second kappa shape index (κ2) is 6.16. The summed E-state index contributed by atoms with van der Waals surface area (Å²) in [5, 5.41) is 0.543. The zero-order valence-electron chi connectivity index (χ0n) is 10.6. The number of hydrogen-bond donors (Lipinski definition) is 0. The standard InChI is InChI=1S/C13H18ClN3O/c1-16(8-9-17-6-2-3-7-17)13(18)12-10-11(14)4-5-15-12/h4-5,10H,2-3,6-9H2,1H3. The monoisotopic (exact) mass is 267 g/mol. The van der Waals surface area contributed by atoms with Gasteiger partial charge >= 0.3 is 0 Å². The zero-order valence-corrected chi connectivity index (χ0v) is 11.4. The second-order valence-corrected chi connectivity index (χ2v) is 5.07. The van der Waals surface area contributed by atoms with Gasteiger partial charge in [-0.05, 0) is 38.1 Å². The van der Waals surface area contributed by atoms with E-state index in [1.165, 1.54) is 12.8 Å². The Bertz CT molecular complexity index is 418. The number of pyridine rings is 1. The molecule has 4 nitrogen and oxygen atoms in total. The molecular formula is C13H18ClN3O. The van der Waals surface area contributed by atoms with E-state index in [1.807, 2.05) is 0 Å². The number of halogens is 1. The number of hydrogen-bond acceptors (Lipinski definition) is 3. The SMILES string of the molecule is CN(CCN1CCCC1)C(=O)c1cc(Cl)ccn1. The van der Waals surface area contributed by atoms with Crippen molar-refractivity contribution in [1.82, 2.24) is 14.8 Å². The van der Waals surface area contributed by atoms with Gasteiger partial charge in [-0.2, -0.15) is 0 Å². The van der Waals surface area contributed by atoms with Gasteiger partial charge in [-0.1, -0.05) is 11.6 Å². The molecule has 0 aromatic carbocycles. The molecule has 1 aromatic heterocycles. The van der Waals surface area contributed by atoms with E-state index in [0.29, 0.717) is 10.7 Å². The lowest BCUT2D eigenvalue weighted by atomic mass is 10.3. The molecule has 2 rings (SSSR count). The molecule has 18 heavy (non-hydrogen) atoms. The summed E-state index contributed by atoms with van der Waals surface area (Å²) < 4.78 is 0. The maximum Gasteiger partial charge on any atom is 0.272 e. The fourth-order valence-corrected chi connectivity index (χ4v) is 2.28. The molecule has 1 fully saturated rings. The maximum atomic E-state index is 12.1. The number of rotatable bonds is 4. The normalized spacial score (nSPS) is 15.9. The molecule has 1 aromatic rings. The number of aromatic nitrogens is 1. The lowest BCUT2D eigenvalue weighted by molar-refractivity contribution is 0.0776. The Morgan fingerprint density at radius 3 is 2.89 bits per heavy atom. The third-order valence-corrected chi connectivity index (χ3v) is 3.47. The average molecular weight is 268 g/mol. The van der Waals surface area contributed by atoms with E-state index in [4.69, 9.17) is 11.6 Å². The van der Waals surface area contributed by atoms with Gasteiger partial charge in [0, 0.05) is 31.4 Å². The predicted molar refractivity (Wildman–Crippen MR) is 71.9 cm³/mol. The van der Waals surface area contributed by atoms with Gasteiger partial charge in [0.2, 0.25) is 0 Å². The van der Waals surface area contributed by atoms with Crippen molar-refractivity contribution in [1.29, 1.82) is 0 Å². The van der Waals surface area contributed by atoms with Crippen molar-refractivity contribution in [3.8, 4) is 0 Å². The van der Waals surface area contributed by atoms with Crippen LogP contribution in [0, 0.1) is 0 Å². The molecule has 0 saturated carbocycles. The molecule has 0 unspecified atom stereocenters. The summed E-state index contributed by atoms with van der Waals surface area (Å²) in [6, 6.07) is 3.28. The van der Waals surface area contributed by atoms with Crippen LogP contribution in [0.5, 0.6) is 0 Å². The first-order valence-corrected chi connectivity index (χ1v) is 6.64. The zero-order chi connectivity index (χ0) is 13.0. The van der Waals surface area contributed by atoms with Gasteiger partial charge in [-0.3, -0.25) is 9.78 Å². The molecule has 0 spiro atoms. The molecule has 1 amide bonds. The molecule has 0 radical (unpaired) electrons. The average Bonchev–Trinajstić information content (AvgIpc) is 2.88. The number of likely N-dealkylation sites (tertiary alicyclic amines) is 1. The summed E-state index contributed by atoms with van der Waals surface area (Å²) >= 11 is 5.86. The molecule has 0 bridgehead atoms. The van der Waals surface area contributed by atoms with E-state index in [0.717, 1.165) is 26.2 Å². The first kappa shape index (κ1) is 13.3. The van der Waals surface area contributed by atoms with E-state index in [1.54, 1.807) is 30.3 Å². The Hall–Kier alpha value is -1.13. The molecular weight excluding hydrogens is 250 g/mol. The minimum absolute atomic E-state index is 0.0725. The number of carbonyl (C=O) groups is 1. The summed E-state index contributed by atoms with van der Waals surface area (Å²) in [7, 11) is 1.81. The quantitative estimate of drug-likeness (QED) is 0.836. The lowest BCUT2D eigenvalue weighted by Crippen LogP contribution is -2.35. The van der Waals surface area contributed by atoms with Gasteiger partial charge < -0.3 is 9.80 Å². The summed E-state index contributed by atoms with van der Waals surface area (Å²) in [6.07, 6.45) is 4.10. The second-order valence-electron chi connectivity index (χ2n) is 4.63. The molecule has 2 heterocycles. The van der Waals surface area contributed by atoms with Crippen molar-refractivity contribution in [2.75, 3.05) is 33.2 Å². The molecule has 1 saturated heterocycles. The molecule has 0 aliphatic carbocycles. The van der Waals surface area contributed by atoms with Crippen LogP contribution in [-0.4, -0.2) is 53.9 Å². The Morgan fingerprint density at radius 1 is 1.50 bits per heavy atom. The Kier molecular flexibility index (Phi) is 4.55. The lowest BCUT2D eigenvalue weighted by Gasteiger charge is -2.21. The topological polar surface area (TPSA) is 36.4 Å². The summed E-state index contributed by atoms with van der Waals surface area (Å²) in [6.45, 7) is 3.96. The van der Waals surface area contributed by atoms with Gasteiger partial charge in [-0.25, -0.2) is 0 Å². The third kappa shape index (κ3) is 3.43. The molecule has 98 valence electrons. The summed E-state index contributed by atoms with van der Waals surface area (Å²) in [5.41, 5.74) is 0.409. The summed E-state index contributed by atoms with van der Waals surface area (Å²) in [4.78, 5) is 20.2. The van der Waals surface area contributed by atoms with Crippen LogP contribution in [0.1, 0.15) is 23.3 Å². The smallest absolute Gasteiger partial charge is 0.272 e. The molecule has 5 heteroatoms. The minimum atomic E-state index is -0.0725. The van der Waals surface area contributed by atoms with E-state index < -0.39 is 0 Å². The highest BCUT2D eigenvalue weighted by atomic mass is 35.5. The van der Waals surface area contributed by atoms with Crippen molar-refractivity contribution < 1.29 is 4.79 Å². The summed E-state index contributed by atoms with van der Waals surface area (Å²) in [5.74, 6) is -0.0725. The van der Waals surface area contributed by atoms with Crippen molar-refractivity contribution in [2.24, 2.45) is 0 Å². The van der Waals surface area contributed by atoms with E-state index in [9.17, 15) is 4.79 Å². The van der Waals surface area contributed by atoms with Gasteiger partial charge in [0.05, 0.1) is 0 Å². The van der Waals surface area contributed by atoms with Crippen molar-refractivity contribution >= 4 is 17.5 Å². The largest absolute Gasteiger partial charge is 0.339 e. The fourth-order valence-electron chi connectivity index (χ4n) is 2.12. The minimum Gasteiger partial charge on any atom is -0.339 e. The van der Waals surface area contributed by atoms with Crippen LogP contribution in [0.2, 0.25) is 5.02 Å². The van der Waals surface area contributed by atoms with Gasteiger partial charge in [0.15, 0.2) is 0 Å². The van der Waals surface area contributed by atoms with Crippen LogP contribution in [0.3, 0.4) is 0 Å². The first-order valence-electron chi connectivity index (χ1n) is 6.26. The number of nitrogens with zero attached hydrogens (tertiary/aromatic N) is 3. The van der Waals surface area contributed by atoms with Crippen LogP contribution in [0.15, 0.2) is 18.3 Å². The van der Waals surface area contributed by atoms with Crippen molar-refractivity contribution in [3.05, 3.63) is 29.0 Å². The van der Waals surface area contributed by atoms with Gasteiger partial charge in [-0.15, -0.1) is 0 Å². The Labute approximate surface area is 113 Å². The maximum absolute atomic E-state index is 12.1. The predicted octanol–water partition coefficient (Wildman–Crippen LogP) is 1.90. The molecule has 0 atom stereocenters. The number of likely N-dealkylation sites (N-methyl/N-ethyl adjacent to an activating group) is 1. The van der Waals surface area contributed by atoms with E-state index >= 15 is 0 Å². The highest BCUT2D eigenvalue weighted by Gasteiger charge is 2.16. The van der Waals surface area contributed by atoms with Crippen LogP contribution >= 0.6 is 11.6 Å². The van der Waals surface area contributed by atoms with E-state index in [-0.39, 0.29) is 5.91 Å². The number of amides is 1.